The minimum atomic E-state index is -0.348. The molecule has 5 nitrogen and oxygen atoms in total. The van der Waals surface area contributed by atoms with Crippen LogP contribution in [0.3, 0.4) is 0 Å². The molecule has 30 heavy (non-hydrogen) atoms. The maximum absolute atomic E-state index is 13.1. The highest BCUT2D eigenvalue weighted by Crippen LogP contribution is 2.32. The normalized spacial score (nSPS) is 16.4. The molecule has 1 heterocycles. The van der Waals surface area contributed by atoms with Crippen LogP contribution < -0.4 is 15.4 Å². The molecule has 0 atom stereocenters. The fourth-order valence-electron chi connectivity index (χ4n) is 3.59. The van der Waals surface area contributed by atoms with Crippen molar-refractivity contribution in [3.63, 3.8) is 0 Å². The molecule has 2 aromatic carbocycles. The van der Waals surface area contributed by atoms with E-state index in [4.69, 9.17) is 4.74 Å². The lowest BCUT2D eigenvalue weighted by molar-refractivity contribution is 0.0919. The number of hydrogen-bond donors (Lipinski definition) is 2. The number of benzene rings is 2. The molecular formula is C25H30N2O3. The number of hydrogen-bond acceptors (Lipinski definition) is 4. The van der Waals surface area contributed by atoms with E-state index in [1.54, 1.807) is 37.5 Å². The number of methoxy groups -OCH3 is 1. The third-order valence-corrected chi connectivity index (χ3v) is 4.89. The number of ketones is 1. The molecule has 0 radical (unpaired) electrons. The number of fused-ring (bicyclic) bond motifs is 1. The van der Waals surface area contributed by atoms with E-state index >= 15 is 0 Å². The number of carbonyl (C=O) groups is 2. The maximum atomic E-state index is 13.1. The van der Waals surface area contributed by atoms with E-state index in [2.05, 4.69) is 24.5 Å². The van der Waals surface area contributed by atoms with Crippen LogP contribution in [0.15, 0.2) is 48.5 Å². The van der Waals surface area contributed by atoms with Crippen molar-refractivity contribution in [2.24, 2.45) is 0 Å². The Hall–Kier alpha value is -3.08. The smallest absolute Gasteiger partial charge is 0.251 e. The molecule has 1 aliphatic rings. The van der Waals surface area contributed by atoms with Crippen molar-refractivity contribution in [3.8, 4) is 5.75 Å². The van der Waals surface area contributed by atoms with E-state index < -0.39 is 0 Å². The van der Waals surface area contributed by atoms with Gasteiger partial charge in [0.15, 0.2) is 5.78 Å². The molecule has 0 aliphatic carbocycles. The lowest BCUT2D eigenvalue weighted by Crippen LogP contribution is -2.43. The zero-order chi connectivity index (χ0) is 22.1. The summed E-state index contributed by atoms with van der Waals surface area (Å²) in [6, 6.07) is 12.8. The van der Waals surface area contributed by atoms with Gasteiger partial charge >= 0.3 is 0 Å². The van der Waals surface area contributed by atoms with Crippen molar-refractivity contribution in [1.29, 1.82) is 0 Å². The molecule has 1 aliphatic heterocycles. The largest absolute Gasteiger partial charge is 0.497 e. The minimum Gasteiger partial charge on any atom is -0.497 e. The van der Waals surface area contributed by atoms with E-state index in [1.807, 2.05) is 39.0 Å². The molecule has 0 fully saturated rings. The first-order valence-electron chi connectivity index (χ1n) is 10.1. The molecule has 0 saturated heterocycles. The average molecular weight is 407 g/mol. The van der Waals surface area contributed by atoms with Gasteiger partial charge in [-0.2, -0.15) is 0 Å². The van der Waals surface area contributed by atoms with Crippen molar-refractivity contribution in [1.82, 2.24) is 10.6 Å². The standard InChI is InChI=1S/C25H30N2O3/c1-24(2,3)27-23(29)17-9-7-8-16(12-17)22(28)14-21-20-13-19(30-6)11-10-18(20)15-25(4,5)26-21/h7-14,26H,15H2,1-6H3,(H,27,29)/b21-14-. The minimum absolute atomic E-state index is 0.158. The van der Waals surface area contributed by atoms with Crippen LogP contribution in [0.2, 0.25) is 0 Å². The van der Waals surface area contributed by atoms with Crippen LogP contribution in [-0.4, -0.2) is 29.9 Å². The van der Waals surface area contributed by atoms with E-state index in [0.29, 0.717) is 11.1 Å². The predicted octanol–water partition coefficient (Wildman–Crippen LogP) is 4.37. The monoisotopic (exact) mass is 406 g/mol. The average Bonchev–Trinajstić information content (AvgIpc) is 2.65. The second-order valence-corrected chi connectivity index (χ2v) is 9.42. The Balaban J connectivity index is 1.95. The van der Waals surface area contributed by atoms with Crippen molar-refractivity contribution in [3.05, 3.63) is 70.8 Å². The second-order valence-electron chi connectivity index (χ2n) is 9.42. The van der Waals surface area contributed by atoms with Crippen LogP contribution >= 0.6 is 0 Å². The van der Waals surface area contributed by atoms with Crippen molar-refractivity contribution < 1.29 is 14.3 Å². The van der Waals surface area contributed by atoms with Crippen molar-refractivity contribution >= 4 is 17.4 Å². The third-order valence-electron chi connectivity index (χ3n) is 4.89. The molecule has 0 unspecified atom stereocenters. The summed E-state index contributed by atoms with van der Waals surface area (Å²) in [5.74, 6) is 0.389. The summed E-state index contributed by atoms with van der Waals surface area (Å²) in [5.41, 5.74) is 3.30. The fraction of sp³-hybridized carbons (Fsp3) is 0.360. The first-order chi connectivity index (χ1) is 14.0. The highest BCUT2D eigenvalue weighted by molar-refractivity contribution is 6.10. The molecule has 0 aromatic heterocycles. The highest BCUT2D eigenvalue weighted by Gasteiger charge is 2.28. The first-order valence-corrected chi connectivity index (χ1v) is 10.1. The molecule has 158 valence electrons. The SMILES string of the molecule is COc1ccc2c(c1)/C(=C/C(=O)c1cccc(C(=O)NC(C)(C)C)c1)NC(C)(C)C2. The molecule has 0 spiro atoms. The van der Waals surface area contributed by atoms with Gasteiger partial charge in [-0.3, -0.25) is 9.59 Å². The van der Waals surface area contributed by atoms with Crippen LogP contribution in [0.1, 0.15) is 66.5 Å². The highest BCUT2D eigenvalue weighted by atomic mass is 16.5. The molecular weight excluding hydrogens is 376 g/mol. The van der Waals surface area contributed by atoms with Gasteiger partial charge in [0.2, 0.25) is 0 Å². The van der Waals surface area contributed by atoms with Crippen LogP contribution in [-0.2, 0) is 6.42 Å². The van der Waals surface area contributed by atoms with Gasteiger partial charge in [0.25, 0.3) is 5.91 Å². The Morgan fingerprint density at radius 1 is 1.10 bits per heavy atom. The Kier molecular flexibility index (Phi) is 5.75. The van der Waals surface area contributed by atoms with Crippen LogP contribution in [0.25, 0.3) is 5.70 Å². The topological polar surface area (TPSA) is 67.4 Å². The number of carbonyl (C=O) groups excluding carboxylic acids is 2. The lowest BCUT2D eigenvalue weighted by atomic mass is 9.85. The van der Waals surface area contributed by atoms with E-state index in [9.17, 15) is 9.59 Å². The lowest BCUT2D eigenvalue weighted by Gasteiger charge is -2.35. The Morgan fingerprint density at radius 2 is 1.80 bits per heavy atom. The van der Waals surface area contributed by atoms with Gasteiger partial charge in [-0.05, 0) is 70.9 Å². The summed E-state index contributed by atoms with van der Waals surface area (Å²) in [6.07, 6.45) is 2.46. The number of ether oxygens (including phenoxy) is 1. The molecule has 5 heteroatoms. The van der Waals surface area contributed by atoms with Gasteiger partial charge in [0.05, 0.1) is 7.11 Å². The predicted molar refractivity (Wildman–Crippen MR) is 120 cm³/mol. The fourth-order valence-corrected chi connectivity index (χ4v) is 3.59. The van der Waals surface area contributed by atoms with Crippen LogP contribution in [0.5, 0.6) is 5.75 Å². The summed E-state index contributed by atoms with van der Waals surface area (Å²) in [5, 5.41) is 6.40. The molecule has 2 N–H and O–H groups in total. The van der Waals surface area contributed by atoms with Gasteiger partial charge < -0.3 is 15.4 Å². The quantitative estimate of drug-likeness (QED) is 0.584. The summed E-state index contributed by atoms with van der Waals surface area (Å²) < 4.78 is 5.37. The van der Waals surface area contributed by atoms with Crippen LogP contribution in [0.4, 0.5) is 0 Å². The number of rotatable bonds is 4. The summed E-state index contributed by atoms with van der Waals surface area (Å²) in [6.45, 7) is 9.98. The molecule has 0 saturated carbocycles. The number of amides is 1. The van der Waals surface area contributed by atoms with Crippen molar-refractivity contribution in [2.45, 2.75) is 52.1 Å². The first kappa shape index (κ1) is 21.6. The zero-order valence-electron chi connectivity index (χ0n) is 18.6. The number of nitrogens with one attached hydrogen (secondary N) is 2. The van der Waals surface area contributed by atoms with Crippen molar-refractivity contribution in [2.75, 3.05) is 7.11 Å². The van der Waals surface area contributed by atoms with E-state index in [-0.39, 0.29) is 22.8 Å². The molecule has 2 aromatic rings. The zero-order valence-corrected chi connectivity index (χ0v) is 18.6. The van der Waals surface area contributed by atoms with Gasteiger partial charge in [-0.15, -0.1) is 0 Å². The summed E-state index contributed by atoms with van der Waals surface area (Å²) in [4.78, 5) is 25.5. The summed E-state index contributed by atoms with van der Waals surface area (Å²) in [7, 11) is 1.63. The Morgan fingerprint density at radius 3 is 2.47 bits per heavy atom. The van der Waals surface area contributed by atoms with Gasteiger partial charge in [-0.25, -0.2) is 0 Å². The second kappa shape index (κ2) is 7.98. The third kappa shape index (κ3) is 5.09. The summed E-state index contributed by atoms with van der Waals surface area (Å²) >= 11 is 0. The maximum Gasteiger partial charge on any atom is 0.251 e. The van der Waals surface area contributed by atoms with E-state index in [1.165, 1.54) is 0 Å². The molecule has 1 amide bonds. The van der Waals surface area contributed by atoms with Gasteiger partial charge in [0.1, 0.15) is 5.75 Å². The van der Waals surface area contributed by atoms with Gasteiger partial charge in [-0.1, -0.05) is 18.2 Å². The van der Waals surface area contributed by atoms with Crippen LogP contribution in [0, 0.1) is 0 Å². The number of allylic oxidation sites excluding steroid dienone is 1. The van der Waals surface area contributed by atoms with Gasteiger partial charge in [0, 0.05) is 39.5 Å². The molecule has 0 bridgehead atoms. The Labute approximate surface area is 178 Å². The molecule has 3 rings (SSSR count). The Bertz CT molecular complexity index is 1010. The van der Waals surface area contributed by atoms with E-state index in [0.717, 1.165) is 29.0 Å².